The van der Waals surface area contributed by atoms with Crippen LogP contribution in [0.5, 0.6) is 28.7 Å². The number of carbonyl (C=O) groups is 1. The minimum absolute atomic E-state index is 0.0232. The van der Waals surface area contributed by atoms with Gasteiger partial charge in [0.25, 0.3) is 0 Å². The van der Waals surface area contributed by atoms with Crippen molar-refractivity contribution in [3.63, 3.8) is 0 Å². The van der Waals surface area contributed by atoms with Crippen molar-refractivity contribution in [2.45, 2.75) is 172 Å². The number of amides is 1. The number of thioether (sulfide) groups is 1. The molecule has 4 aliphatic rings. The standard InChI is InChI=1S/C58H80N2O9S/c1-7-9-10-11-12-13-14-15-16-23-54(63)60(39-41-24-30-51-52(35-41)65-40-64-51)53-38-49(59-69-57(3,4)5)47-36-42(21-17-19-32-61)46(22-18-20-33-62)55-48-37-44(67-43-25-28-45(70-6)29-26-43)27-31-50(48)68-58(53,56(47)55)66-34-8-2/h8,24-31,35-37,42,46,53,55-56,61-62H,2,7,9-23,32-34,38-40H2,1,3-6H3/t42-,46+,53-,55+,56+,58+/m0/s1. The maximum absolute atomic E-state index is 15.4. The highest BCUT2D eigenvalue weighted by molar-refractivity contribution is 7.98. The molecule has 2 aliphatic heterocycles. The fourth-order valence-electron chi connectivity index (χ4n) is 11.0. The summed E-state index contributed by atoms with van der Waals surface area (Å²) in [5, 5.41) is 25.2. The molecule has 1 saturated carbocycles. The first-order chi connectivity index (χ1) is 34.0. The third-order valence-electron chi connectivity index (χ3n) is 14.4. The van der Waals surface area contributed by atoms with Crippen molar-refractivity contribution in [3.05, 3.63) is 96.1 Å². The van der Waals surface area contributed by atoms with Crippen LogP contribution in [-0.4, -0.2) is 77.0 Å². The van der Waals surface area contributed by atoms with Gasteiger partial charge in [0.15, 0.2) is 11.5 Å². The Morgan fingerprint density at radius 2 is 1.54 bits per heavy atom. The molecule has 0 spiro atoms. The Morgan fingerprint density at radius 3 is 2.24 bits per heavy atom. The summed E-state index contributed by atoms with van der Waals surface area (Å²) in [6.45, 7) is 13.2. The summed E-state index contributed by atoms with van der Waals surface area (Å²) < 4.78 is 33.1. The van der Waals surface area contributed by atoms with Crippen LogP contribution in [0.2, 0.25) is 0 Å². The molecule has 2 N–H and O–H groups in total. The van der Waals surface area contributed by atoms with Gasteiger partial charge in [0.2, 0.25) is 18.5 Å². The predicted octanol–water partition coefficient (Wildman–Crippen LogP) is 13.3. The van der Waals surface area contributed by atoms with E-state index in [0.717, 1.165) is 78.0 Å². The van der Waals surface area contributed by atoms with Gasteiger partial charge in [-0.05, 0) is 137 Å². The maximum Gasteiger partial charge on any atom is 0.239 e. The third kappa shape index (κ3) is 13.3. The normalized spacial score (nSPS) is 22.7. The molecule has 1 fully saturated rings. The molecule has 0 bridgehead atoms. The van der Waals surface area contributed by atoms with Crippen molar-refractivity contribution in [2.75, 3.05) is 32.9 Å². The molecular formula is C58H80N2O9S. The molecule has 7 rings (SSSR count). The number of unbranched alkanes of at least 4 members (excludes halogenated alkanes) is 10. The van der Waals surface area contributed by atoms with Crippen LogP contribution in [0, 0.1) is 17.8 Å². The van der Waals surface area contributed by atoms with Gasteiger partial charge in [0.1, 0.15) is 28.9 Å². The van der Waals surface area contributed by atoms with Gasteiger partial charge >= 0.3 is 0 Å². The van der Waals surface area contributed by atoms with Crippen LogP contribution < -0.4 is 18.9 Å². The van der Waals surface area contributed by atoms with E-state index in [1.807, 2.05) is 68.1 Å². The summed E-state index contributed by atoms with van der Waals surface area (Å²) in [7, 11) is 0. The van der Waals surface area contributed by atoms with E-state index in [1.165, 1.54) is 38.5 Å². The molecule has 12 heteroatoms. The second kappa shape index (κ2) is 25.8. The maximum atomic E-state index is 15.4. The van der Waals surface area contributed by atoms with E-state index in [1.54, 1.807) is 17.8 Å². The fraction of sp³-hybridized carbons (Fsp3) is 0.586. The number of aliphatic hydroxyl groups is 2. The Hall–Kier alpha value is -4.49. The number of hydrogen-bond donors (Lipinski definition) is 2. The summed E-state index contributed by atoms with van der Waals surface area (Å²) in [6.07, 6.45) is 22.0. The van der Waals surface area contributed by atoms with E-state index >= 15 is 4.79 Å². The van der Waals surface area contributed by atoms with Crippen LogP contribution in [0.4, 0.5) is 0 Å². The fourth-order valence-corrected chi connectivity index (χ4v) is 11.4. The Bertz CT molecular complexity index is 2220. The van der Waals surface area contributed by atoms with E-state index < -0.39 is 23.3 Å². The largest absolute Gasteiger partial charge is 0.459 e. The number of carbonyl (C=O) groups excluding carboxylic acids is 1. The lowest BCUT2D eigenvalue weighted by molar-refractivity contribution is -0.258. The van der Waals surface area contributed by atoms with Gasteiger partial charge in [0, 0.05) is 49.0 Å². The molecule has 382 valence electrons. The SMILES string of the molecule is C=CCO[C@@]12Oc3ccc(Oc4ccc(SC)cc4)cc3[C@H]3[C@H](CCCCO)[C@@H](CCCCO)C=C(C(=NOC(C)(C)C)C[C@@H]1N(Cc1ccc4c(c1)OCO4)C(=O)CCCCCCCCCCC)[C@H]32. The van der Waals surface area contributed by atoms with Gasteiger partial charge in [-0.2, -0.15) is 0 Å². The number of benzene rings is 3. The zero-order valence-electron chi connectivity index (χ0n) is 42.6. The monoisotopic (exact) mass is 981 g/mol. The van der Waals surface area contributed by atoms with Crippen molar-refractivity contribution < 1.29 is 43.5 Å². The molecule has 0 saturated heterocycles. The van der Waals surface area contributed by atoms with Crippen molar-refractivity contribution >= 4 is 23.4 Å². The van der Waals surface area contributed by atoms with Crippen molar-refractivity contribution in [3.8, 4) is 28.7 Å². The molecule has 3 aromatic rings. The lowest BCUT2D eigenvalue weighted by Crippen LogP contribution is -2.70. The van der Waals surface area contributed by atoms with E-state index in [0.29, 0.717) is 48.7 Å². The zero-order chi connectivity index (χ0) is 49.5. The number of ether oxygens (including phenoxy) is 5. The van der Waals surface area contributed by atoms with Crippen molar-refractivity contribution in [1.29, 1.82) is 0 Å². The minimum Gasteiger partial charge on any atom is -0.459 e. The smallest absolute Gasteiger partial charge is 0.239 e. The number of fused-ring (bicyclic) bond motifs is 3. The average molecular weight is 981 g/mol. The van der Waals surface area contributed by atoms with E-state index in [9.17, 15) is 10.2 Å². The van der Waals surface area contributed by atoms with Crippen LogP contribution in [0.25, 0.3) is 0 Å². The molecule has 0 radical (unpaired) electrons. The molecule has 3 aromatic carbocycles. The summed E-state index contributed by atoms with van der Waals surface area (Å²) in [5.41, 5.74) is 3.10. The molecule has 11 nitrogen and oxygen atoms in total. The first-order valence-corrected chi connectivity index (χ1v) is 27.5. The summed E-state index contributed by atoms with van der Waals surface area (Å²) in [6, 6.07) is 19.5. The number of aliphatic hydroxyl groups excluding tert-OH is 2. The summed E-state index contributed by atoms with van der Waals surface area (Å²) in [5.74, 6) is 1.64. The molecule has 0 aromatic heterocycles. The predicted molar refractivity (Wildman–Crippen MR) is 279 cm³/mol. The van der Waals surface area contributed by atoms with Gasteiger partial charge in [-0.3, -0.25) is 4.79 Å². The lowest BCUT2D eigenvalue weighted by atomic mass is 9.55. The van der Waals surface area contributed by atoms with E-state index in [4.69, 9.17) is 33.7 Å². The molecule has 6 atom stereocenters. The van der Waals surface area contributed by atoms with E-state index in [2.05, 4.69) is 44.0 Å². The van der Waals surface area contributed by atoms with Gasteiger partial charge in [-0.15, -0.1) is 18.3 Å². The number of hydrogen-bond acceptors (Lipinski definition) is 11. The number of allylic oxidation sites excluding steroid dienone is 1. The molecule has 70 heavy (non-hydrogen) atoms. The molecule has 2 aliphatic carbocycles. The average Bonchev–Trinajstić information content (AvgIpc) is 3.83. The van der Waals surface area contributed by atoms with Crippen LogP contribution >= 0.6 is 11.8 Å². The summed E-state index contributed by atoms with van der Waals surface area (Å²) >= 11 is 1.69. The third-order valence-corrected chi connectivity index (χ3v) is 15.1. The molecule has 1 amide bonds. The highest BCUT2D eigenvalue weighted by Gasteiger charge is 2.65. The Labute approximate surface area is 422 Å². The topological polar surface area (TPSA) is 129 Å². The van der Waals surface area contributed by atoms with Crippen LogP contribution in [0.15, 0.2) is 95.0 Å². The van der Waals surface area contributed by atoms with Gasteiger partial charge < -0.3 is 43.6 Å². The first kappa shape index (κ1) is 53.3. The van der Waals surface area contributed by atoms with Crippen molar-refractivity contribution in [2.24, 2.45) is 22.9 Å². The quantitative estimate of drug-likeness (QED) is 0.0314. The van der Waals surface area contributed by atoms with Crippen LogP contribution in [0.3, 0.4) is 0 Å². The minimum atomic E-state index is -1.38. The van der Waals surface area contributed by atoms with Gasteiger partial charge in [0.05, 0.1) is 18.2 Å². The zero-order valence-corrected chi connectivity index (χ0v) is 43.4. The summed E-state index contributed by atoms with van der Waals surface area (Å²) in [4.78, 5) is 24.9. The highest BCUT2D eigenvalue weighted by Crippen LogP contribution is 2.62. The molecule has 2 heterocycles. The Balaban J connectivity index is 1.38. The number of nitrogens with zero attached hydrogens (tertiary/aromatic N) is 2. The molecule has 0 unspecified atom stereocenters. The van der Waals surface area contributed by atoms with E-state index in [-0.39, 0.29) is 56.8 Å². The highest BCUT2D eigenvalue weighted by atomic mass is 32.2. The Kier molecular flexibility index (Phi) is 19.6. The first-order valence-electron chi connectivity index (χ1n) is 26.3. The van der Waals surface area contributed by atoms with Crippen LogP contribution in [0.1, 0.15) is 154 Å². The second-order valence-electron chi connectivity index (χ2n) is 20.5. The van der Waals surface area contributed by atoms with Crippen LogP contribution in [-0.2, 0) is 20.9 Å². The van der Waals surface area contributed by atoms with Gasteiger partial charge in [-0.1, -0.05) is 94.5 Å². The number of rotatable bonds is 28. The Morgan fingerprint density at radius 1 is 0.857 bits per heavy atom. The second-order valence-corrected chi connectivity index (χ2v) is 21.4. The lowest BCUT2D eigenvalue weighted by Gasteiger charge is -2.60. The van der Waals surface area contributed by atoms with Crippen molar-refractivity contribution in [1.82, 2.24) is 4.90 Å². The van der Waals surface area contributed by atoms with Gasteiger partial charge in [-0.25, -0.2) is 0 Å². The molecular weight excluding hydrogens is 901 g/mol. The number of oxime groups is 1.